The van der Waals surface area contributed by atoms with Crippen LogP contribution in [0.5, 0.6) is 5.75 Å². The largest absolute Gasteiger partial charge is 0.452 e. The summed E-state index contributed by atoms with van der Waals surface area (Å²) in [6, 6.07) is 19.3. The number of likely N-dealkylation sites (N-methyl/N-ethyl adjacent to an activating group) is 1. The van der Waals surface area contributed by atoms with Crippen molar-refractivity contribution in [1.29, 1.82) is 0 Å². The van der Waals surface area contributed by atoms with Crippen LogP contribution in [-0.4, -0.2) is 54.0 Å². The van der Waals surface area contributed by atoms with Crippen molar-refractivity contribution < 1.29 is 14.3 Å². The summed E-state index contributed by atoms with van der Waals surface area (Å²) in [4.78, 5) is 29.8. The van der Waals surface area contributed by atoms with Gasteiger partial charge in [-0.3, -0.25) is 9.59 Å². The van der Waals surface area contributed by atoms with Gasteiger partial charge in [0.1, 0.15) is 17.3 Å². The number of rotatable bonds is 9. The Morgan fingerprint density at radius 2 is 1.73 bits per heavy atom. The van der Waals surface area contributed by atoms with Gasteiger partial charge in [-0.1, -0.05) is 55.5 Å². The van der Waals surface area contributed by atoms with Crippen LogP contribution in [0.4, 0.5) is 0 Å². The van der Waals surface area contributed by atoms with Crippen molar-refractivity contribution in [2.45, 2.75) is 26.2 Å². The zero-order valence-corrected chi connectivity index (χ0v) is 17.6. The van der Waals surface area contributed by atoms with Crippen molar-refractivity contribution in [2.24, 2.45) is 0 Å². The van der Waals surface area contributed by atoms with Crippen LogP contribution in [0, 0.1) is 0 Å². The first-order valence-corrected chi connectivity index (χ1v) is 10.0. The van der Waals surface area contributed by atoms with E-state index in [9.17, 15) is 9.59 Å². The highest BCUT2D eigenvalue weighted by atomic mass is 16.5. The zero-order chi connectivity index (χ0) is 21.5. The van der Waals surface area contributed by atoms with Crippen LogP contribution < -0.4 is 10.1 Å². The van der Waals surface area contributed by atoms with Gasteiger partial charge in [-0.25, -0.2) is 0 Å². The first-order valence-electron chi connectivity index (χ1n) is 10.0. The minimum absolute atomic E-state index is 0.164. The fourth-order valence-electron chi connectivity index (χ4n) is 3.34. The third kappa shape index (κ3) is 4.74. The first-order chi connectivity index (χ1) is 14.5. The van der Waals surface area contributed by atoms with Gasteiger partial charge in [-0.05, 0) is 24.1 Å². The molecule has 2 amide bonds. The number of amides is 2. The maximum absolute atomic E-state index is 13.4. The van der Waals surface area contributed by atoms with Crippen LogP contribution in [0.15, 0.2) is 72.2 Å². The number of benzene rings is 2. The second-order valence-corrected chi connectivity index (χ2v) is 7.18. The fourth-order valence-corrected chi connectivity index (χ4v) is 3.34. The molecule has 0 bridgehead atoms. The van der Waals surface area contributed by atoms with E-state index < -0.39 is 6.35 Å². The molecular weight excluding hydrogens is 380 g/mol. The average molecular weight is 409 g/mol. The Morgan fingerprint density at radius 3 is 2.33 bits per heavy atom. The van der Waals surface area contributed by atoms with Gasteiger partial charge in [0.25, 0.3) is 12.3 Å². The molecule has 0 saturated heterocycles. The summed E-state index contributed by atoms with van der Waals surface area (Å²) in [5.74, 6) is 0.926. The number of nitrogens with one attached hydrogen (secondary N) is 1. The molecule has 158 valence electrons. The van der Waals surface area contributed by atoms with Crippen molar-refractivity contribution in [3.63, 3.8) is 0 Å². The Kier molecular flexibility index (Phi) is 6.95. The number of nitrogens with zero attached hydrogens (tertiary/aromatic N) is 3. The van der Waals surface area contributed by atoms with Crippen LogP contribution in [0.2, 0.25) is 0 Å². The number of para-hydroxylation sites is 1. The van der Waals surface area contributed by atoms with Crippen molar-refractivity contribution in [2.75, 3.05) is 20.6 Å². The van der Waals surface area contributed by atoms with E-state index in [-0.39, 0.29) is 5.91 Å². The van der Waals surface area contributed by atoms with E-state index >= 15 is 0 Å². The lowest BCUT2D eigenvalue weighted by Crippen LogP contribution is -2.44. The van der Waals surface area contributed by atoms with E-state index in [1.54, 1.807) is 19.0 Å². The van der Waals surface area contributed by atoms with Gasteiger partial charge in [0.2, 0.25) is 6.41 Å². The monoisotopic (exact) mass is 408 g/mol. The van der Waals surface area contributed by atoms with Crippen molar-refractivity contribution >= 4 is 12.3 Å². The highest BCUT2D eigenvalue weighted by Gasteiger charge is 2.39. The summed E-state index contributed by atoms with van der Waals surface area (Å²) in [5, 5.41) is 3.22. The molecule has 2 aromatic rings. The van der Waals surface area contributed by atoms with E-state index in [1.165, 1.54) is 4.90 Å². The molecule has 30 heavy (non-hydrogen) atoms. The first kappa shape index (κ1) is 21.2. The molecule has 0 radical (unpaired) electrons. The SMILES string of the molecule is CCCN(C)C(=O)C1=C(N(C)C=O)NC(Oc2ccccc2)N1Cc1ccccc1. The smallest absolute Gasteiger partial charge is 0.273 e. The van der Waals surface area contributed by atoms with Crippen LogP contribution in [-0.2, 0) is 16.1 Å². The fraction of sp³-hybridized carbons (Fsp3) is 0.304. The van der Waals surface area contributed by atoms with Crippen molar-refractivity contribution in [1.82, 2.24) is 20.0 Å². The van der Waals surface area contributed by atoms with Crippen molar-refractivity contribution in [3.05, 3.63) is 77.7 Å². The predicted molar refractivity (Wildman–Crippen MR) is 115 cm³/mol. The molecule has 0 fully saturated rings. The lowest BCUT2D eigenvalue weighted by Gasteiger charge is -2.30. The molecule has 7 heteroatoms. The Hall–Kier alpha value is -3.48. The molecule has 1 aliphatic heterocycles. The minimum Gasteiger partial charge on any atom is -0.452 e. The van der Waals surface area contributed by atoms with Crippen LogP contribution in [0.3, 0.4) is 0 Å². The standard InChI is InChI=1S/C23H28N4O3/c1-4-15-25(2)22(29)20-21(26(3)17-28)24-23(30-19-13-9-6-10-14-19)27(20)16-18-11-7-5-8-12-18/h5-14,17,23-24H,4,15-16H2,1-3H3. The molecule has 1 N–H and O–H groups in total. The quantitative estimate of drug-likeness (QED) is 0.646. The molecule has 0 aliphatic carbocycles. The lowest BCUT2D eigenvalue weighted by molar-refractivity contribution is -0.128. The van der Waals surface area contributed by atoms with Gasteiger partial charge in [-0.15, -0.1) is 0 Å². The summed E-state index contributed by atoms with van der Waals surface area (Å²) < 4.78 is 6.16. The molecule has 1 unspecified atom stereocenters. The molecule has 1 atom stereocenters. The van der Waals surface area contributed by atoms with Gasteiger partial charge in [0.05, 0.1) is 0 Å². The normalized spacial score (nSPS) is 15.6. The van der Waals surface area contributed by atoms with Crippen LogP contribution in [0.1, 0.15) is 18.9 Å². The van der Waals surface area contributed by atoms with E-state index in [2.05, 4.69) is 5.32 Å². The zero-order valence-electron chi connectivity index (χ0n) is 17.6. The Bertz CT molecular complexity index is 886. The molecule has 1 heterocycles. The molecule has 2 aromatic carbocycles. The predicted octanol–water partition coefficient (Wildman–Crippen LogP) is 2.58. The third-order valence-corrected chi connectivity index (χ3v) is 4.86. The van der Waals surface area contributed by atoms with E-state index in [4.69, 9.17) is 4.74 Å². The maximum Gasteiger partial charge on any atom is 0.273 e. The summed E-state index contributed by atoms with van der Waals surface area (Å²) in [6.45, 7) is 3.08. The Balaban J connectivity index is 2.00. The second-order valence-electron chi connectivity index (χ2n) is 7.18. The lowest BCUT2D eigenvalue weighted by atomic mass is 10.2. The summed E-state index contributed by atoms with van der Waals surface area (Å²) in [5.41, 5.74) is 1.43. The average Bonchev–Trinajstić information content (AvgIpc) is 3.12. The second kappa shape index (κ2) is 9.82. The Morgan fingerprint density at radius 1 is 1.10 bits per heavy atom. The summed E-state index contributed by atoms with van der Waals surface area (Å²) >= 11 is 0. The van der Waals surface area contributed by atoms with E-state index in [0.29, 0.717) is 36.8 Å². The number of hydrogen-bond acceptors (Lipinski definition) is 5. The number of hydrogen-bond donors (Lipinski definition) is 1. The molecule has 0 saturated carbocycles. The topological polar surface area (TPSA) is 65.1 Å². The highest BCUT2D eigenvalue weighted by Crippen LogP contribution is 2.27. The van der Waals surface area contributed by atoms with Gasteiger partial charge in [0.15, 0.2) is 0 Å². The molecule has 1 aliphatic rings. The molecule has 0 spiro atoms. The van der Waals surface area contributed by atoms with Gasteiger partial charge in [0, 0.05) is 27.2 Å². The molecule has 0 aromatic heterocycles. The molecule has 3 rings (SSSR count). The maximum atomic E-state index is 13.4. The molecular formula is C23H28N4O3. The summed E-state index contributed by atoms with van der Waals surface area (Å²) in [7, 11) is 3.39. The van der Waals surface area contributed by atoms with Crippen molar-refractivity contribution in [3.8, 4) is 5.75 Å². The van der Waals surface area contributed by atoms with Crippen LogP contribution >= 0.6 is 0 Å². The summed E-state index contributed by atoms with van der Waals surface area (Å²) in [6.07, 6.45) is 0.879. The third-order valence-electron chi connectivity index (χ3n) is 4.86. The molecule has 7 nitrogen and oxygen atoms in total. The van der Waals surface area contributed by atoms with E-state index in [1.807, 2.05) is 72.5 Å². The van der Waals surface area contributed by atoms with E-state index in [0.717, 1.165) is 12.0 Å². The highest BCUT2D eigenvalue weighted by molar-refractivity contribution is 5.94. The minimum atomic E-state index is -0.640. The number of carbonyl (C=O) groups is 2. The van der Waals surface area contributed by atoms with Gasteiger partial charge >= 0.3 is 0 Å². The number of ether oxygens (including phenoxy) is 1. The number of carbonyl (C=O) groups excluding carboxylic acids is 2. The van der Waals surface area contributed by atoms with Gasteiger partial charge < -0.3 is 24.8 Å². The van der Waals surface area contributed by atoms with Gasteiger partial charge in [-0.2, -0.15) is 0 Å². The van der Waals surface area contributed by atoms with Crippen LogP contribution in [0.25, 0.3) is 0 Å². The Labute approximate surface area is 177 Å².